The minimum Gasteiger partial charge on any atom is -0.396 e. The molecule has 2 N–H and O–H groups in total. The van der Waals surface area contributed by atoms with Crippen LogP contribution in [0.2, 0.25) is 0 Å². The number of hydrogen-bond acceptors (Lipinski definition) is 2. The molecule has 0 spiro atoms. The molecule has 0 rings (SSSR count). The molecule has 29 heavy (non-hydrogen) atoms. The minimum atomic E-state index is 0.116. The Morgan fingerprint density at radius 3 is 1.62 bits per heavy atom. The number of aliphatic hydroxyl groups excluding tert-OH is 1. The summed E-state index contributed by atoms with van der Waals surface area (Å²) in [5.41, 5.74) is 0. The van der Waals surface area contributed by atoms with Gasteiger partial charge in [-0.3, -0.25) is 4.79 Å². The maximum Gasteiger partial charge on any atom is 0.217 e. The van der Waals surface area contributed by atoms with E-state index in [2.05, 4.69) is 53.8 Å². The van der Waals surface area contributed by atoms with Gasteiger partial charge in [-0.2, -0.15) is 0 Å². The molecule has 0 heterocycles. The maximum absolute atomic E-state index is 11.5. The van der Waals surface area contributed by atoms with Crippen molar-refractivity contribution in [3.63, 3.8) is 0 Å². The summed E-state index contributed by atoms with van der Waals surface area (Å²) in [7, 11) is 0. The molecule has 6 unspecified atom stereocenters. The lowest BCUT2D eigenvalue weighted by molar-refractivity contribution is -0.119. The van der Waals surface area contributed by atoms with Crippen LogP contribution in [-0.2, 0) is 4.79 Å². The fourth-order valence-corrected chi connectivity index (χ4v) is 3.21. The summed E-state index contributed by atoms with van der Waals surface area (Å²) < 4.78 is 0. The second-order valence-electron chi connectivity index (χ2n) is 9.02. The zero-order valence-corrected chi connectivity index (χ0v) is 22.0. The highest BCUT2D eigenvalue weighted by Gasteiger charge is 2.22. The van der Waals surface area contributed by atoms with Crippen LogP contribution in [0.4, 0.5) is 0 Å². The van der Waals surface area contributed by atoms with Crippen LogP contribution >= 0.6 is 0 Å². The van der Waals surface area contributed by atoms with Crippen molar-refractivity contribution < 1.29 is 9.90 Å². The first-order valence-electron chi connectivity index (χ1n) is 12.5. The van der Waals surface area contributed by atoms with Crippen molar-refractivity contribution in [3.05, 3.63) is 0 Å². The van der Waals surface area contributed by atoms with E-state index in [1.54, 1.807) is 6.92 Å². The van der Waals surface area contributed by atoms with E-state index in [0.717, 1.165) is 31.1 Å². The van der Waals surface area contributed by atoms with Gasteiger partial charge >= 0.3 is 0 Å². The van der Waals surface area contributed by atoms with Crippen LogP contribution in [-0.4, -0.2) is 23.7 Å². The molecule has 0 aliphatic carbocycles. The van der Waals surface area contributed by atoms with Gasteiger partial charge in [0.15, 0.2) is 0 Å². The summed E-state index contributed by atoms with van der Waals surface area (Å²) in [6.45, 7) is 23.9. The summed E-state index contributed by atoms with van der Waals surface area (Å²) >= 11 is 0. The number of nitrogens with one attached hydrogen (secondary N) is 1. The number of aliphatic hydroxyl groups is 1. The highest BCUT2D eigenvalue weighted by molar-refractivity contribution is 5.73. The van der Waals surface area contributed by atoms with Crippen molar-refractivity contribution in [1.82, 2.24) is 5.32 Å². The summed E-state index contributed by atoms with van der Waals surface area (Å²) in [5.74, 6) is 3.44. The lowest BCUT2D eigenvalue weighted by Gasteiger charge is -2.29. The molecule has 0 aromatic rings. The first kappa shape index (κ1) is 33.1. The van der Waals surface area contributed by atoms with Crippen LogP contribution in [0.25, 0.3) is 0 Å². The first-order chi connectivity index (χ1) is 13.6. The molecule has 0 fully saturated rings. The smallest absolute Gasteiger partial charge is 0.217 e. The van der Waals surface area contributed by atoms with Crippen LogP contribution < -0.4 is 5.32 Å². The summed E-state index contributed by atoms with van der Waals surface area (Å²) in [4.78, 5) is 11.5. The number of hydrogen-bond donors (Lipinski definition) is 2. The molecule has 1 amide bonds. The van der Waals surface area contributed by atoms with Crippen LogP contribution in [0.1, 0.15) is 121 Å². The molecular formula is C26H57NO2. The van der Waals surface area contributed by atoms with Gasteiger partial charge in [-0.15, -0.1) is 0 Å². The third-order valence-electron chi connectivity index (χ3n) is 6.33. The van der Waals surface area contributed by atoms with Crippen LogP contribution in [0.15, 0.2) is 0 Å². The maximum atomic E-state index is 11.5. The molecule has 178 valence electrons. The van der Waals surface area contributed by atoms with Gasteiger partial charge in [0.25, 0.3) is 0 Å². The number of rotatable bonds is 13. The Hall–Kier alpha value is -0.570. The van der Waals surface area contributed by atoms with E-state index in [-0.39, 0.29) is 5.91 Å². The second-order valence-corrected chi connectivity index (χ2v) is 9.02. The van der Waals surface area contributed by atoms with Gasteiger partial charge in [0.2, 0.25) is 5.91 Å². The Balaban J connectivity index is -0.000000716. The molecule has 0 radical (unpaired) electrons. The molecular weight excluding hydrogens is 358 g/mol. The number of carbonyl (C=O) groups excluding carboxylic acids is 1. The highest BCUT2D eigenvalue weighted by Crippen LogP contribution is 2.27. The molecule has 0 aromatic carbocycles. The number of amides is 1. The molecule has 0 aliphatic rings. The van der Waals surface area contributed by atoms with E-state index in [0.29, 0.717) is 30.4 Å². The topological polar surface area (TPSA) is 49.3 Å². The van der Waals surface area contributed by atoms with Crippen molar-refractivity contribution in [3.8, 4) is 0 Å². The van der Waals surface area contributed by atoms with E-state index >= 15 is 0 Å². The Bertz CT molecular complexity index is 342. The summed E-state index contributed by atoms with van der Waals surface area (Å²) in [6, 6.07) is 0.338. The highest BCUT2D eigenvalue weighted by atomic mass is 16.3. The monoisotopic (exact) mass is 415 g/mol. The van der Waals surface area contributed by atoms with Gasteiger partial charge in [-0.1, -0.05) is 101 Å². The fraction of sp³-hybridized carbons (Fsp3) is 0.962. The third-order valence-corrected chi connectivity index (χ3v) is 6.33. The van der Waals surface area contributed by atoms with Crippen LogP contribution in [0.3, 0.4) is 0 Å². The van der Waals surface area contributed by atoms with E-state index in [4.69, 9.17) is 5.11 Å². The van der Waals surface area contributed by atoms with Gasteiger partial charge in [0, 0.05) is 19.6 Å². The Labute approximate surface area is 184 Å². The molecule has 6 atom stereocenters. The largest absolute Gasteiger partial charge is 0.396 e. The average Bonchev–Trinajstić information content (AvgIpc) is 2.71. The van der Waals surface area contributed by atoms with Crippen molar-refractivity contribution in [2.75, 3.05) is 6.61 Å². The third kappa shape index (κ3) is 20.5. The molecule has 0 aliphatic heterocycles. The second kappa shape index (κ2) is 22.1. The van der Waals surface area contributed by atoms with E-state index in [9.17, 15) is 4.79 Å². The van der Waals surface area contributed by atoms with Crippen LogP contribution in [0, 0.1) is 29.6 Å². The van der Waals surface area contributed by atoms with Crippen molar-refractivity contribution in [2.24, 2.45) is 29.6 Å². The number of carbonyl (C=O) groups is 1. The van der Waals surface area contributed by atoms with Crippen LogP contribution in [0.5, 0.6) is 0 Å². The summed E-state index contributed by atoms with van der Waals surface area (Å²) in [5, 5.41) is 11.5. The van der Waals surface area contributed by atoms with Crippen molar-refractivity contribution >= 4 is 5.91 Å². The molecule has 0 saturated heterocycles. The van der Waals surface area contributed by atoms with E-state index < -0.39 is 0 Å². The molecule has 3 heteroatoms. The average molecular weight is 416 g/mol. The lowest BCUT2D eigenvalue weighted by Crippen LogP contribution is -2.37. The molecule has 0 aromatic heterocycles. The Kier molecular flexibility index (Phi) is 25.2. The van der Waals surface area contributed by atoms with Crippen molar-refractivity contribution in [2.45, 2.75) is 127 Å². The van der Waals surface area contributed by atoms with Gasteiger partial charge in [0.1, 0.15) is 0 Å². The van der Waals surface area contributed by atoms with Gasteiger partial charge < -0.3 is 10.4 Å². The van der Waals surface area contributed by atoms with Gasteiger partial charge in [-0.05, 0) is 42.4 Å². The Morgan fingerprint density at radius 2 is 1.31 bits per heavy atom. The molecule has 3 nitrogen and oxygen atoms in total. The fourth-order valence-electron chi connectivity index (χ4n) is 3.21. The standard InChI is InChI=1S/C19H39NO.C5H12O.C2H6/c1-8-10-11-15(4)17(6)13-19(20-18(7)21)12-16(5)14(3)9-2;1-3-5(2)4-6;1-2/h14-17,19H,8-13H2,1-7H3,(H,20,21);5-6H,3-4H2,1-2H3;1-2H3. The number of unbranched alkanes of at least 4 members (excludes halogenated alkanes) is 1. The quantitative estimate of drug-likeness (QED) is 0.328. The zero-order valence-electron chi connectivity index (χ0n) is 22.0. The summed E-state index contributed by atoms with van der Waals surface area (Å²) in [6.07, 6.45) is 8.43. The van der Waals surface area contributed by atoms with E-state index in [1.165, 1.54) is 25.7 Å². The predicted octanol–water partition coefficient (Wildman–Crippen LogP) is 7.47. The SMILES string of the molecule is CC.CCC(C)CO.CCCCC(C)C(C)CC(CC(C)C(C)CC)NC(C)=O. The van der Waals surface area contributed by atoms with E-state index in [1.807, 2.05) is 20.8 Å². The zero-order chi connectivity index (χ0) is 23.4. The molecule has 0 saturated carbocycles. The van der Waals surface area contributed by atoms with Gasteiger partial charge in [0.05, 0.1) is 0 Å². The van der Waals surface area contributed by atoms with Crippen molar-refractivity contribution in [1.29, 1.82) is 0 Å². The minimum absolute atomic E-state index is 0.116. The predicted molar refractivity (Wildman–Crippen MR) is 131 cm³/mol. The Morgan fingerprint density at radius 1 is 0.828 bits per heavy atom. The first-order valence-corrected chi connectivity index (χ1v) is 12.5. The normalized spacial score (nSPS) is 16.7. The van der Waals surface area contributed by atoms with Gasteiger partial charge in [-0.25, -0.2) is 0 Å². The molecule has 0 bridgehead atoms. The lowest BCUT2D eigenvalue weighted by atomic mass is 9.81.